The Morgan fingerprint density at radius 3 is 2.30 bits per heavy atom. The van der Waals surface area contributed by atoms with Crippen LogP contribution in [0.4, 0.5) is 4.79 Å². The van der Waals surface area contributed by atoms with E-state index in [4.69, 9.17) is 4.74 Å². The van der Waals surface area contributed by atoms with E-state index >= 15 is 0 Å². The summed E-state index contributed by atoms with van der Waals surface area (Å²) in [7, 11) is 0. The van der Waals surface area contributed by atoms with Gasteiger partial charge in [-0.1, -0.05) is 55.5 Å². The van der Waals surface area contributed by atoms with Crippen molar-refractivity contribution in [3.8, 4) is 11.1 Å². The van der Waals surface area contributed by atoms with E-state index in [1.807, 2.05) is 38.1 Å². The zero-order valence-corrected chi connectivity index (χ0v) is 19.5. The van der Waals surface area contributed by atoms with Crippen molar-refractivity contribution in [2.75, 3.05) is 12.4 Å². The summed E-state index contributed by atoms with van der Waals surface area (Å²) in [6.45, 7) is 3.90. The lowest BCUT2D eigenvalue weighted by Gasteiger charge is -2.27. The van der Waals surface area contributed by atoms with Gasteiger partial charge in [0.15, 0.2) is 0 Å². The average Bonchev–Trinajstić information content (AvgIpc) is 3.35. The van der Waals surface area contributed by atoms with Gasteiger partial charge in [0.2, 0.25) is 5.91 Å². The number of thioether (sulfide) groups is 1. The van der Waals surface area contributed by atoms with E-state index in [0.29, 0.717) is 12.2 Å². The average molecular weight is 469 g/mol. The highest BCUT2D eigenvalue weighted by Gasteiger charge is 2.40. The van der Waals surface area contributed by atoms with Crippen molar-refractivity contribution in [3.63, 3.8) is 0 Å². The van der Waals surface area contributed by atoms with Crippen LogP contribution in [0.15, 0.2) is 48.5 Å². The molecule has 1 saturated heterocycles. The Morgan fingerprint density at radius 1 is 1.12 bits per heavy atom. The molecular weight excluding hydrogens is 440 g/mol. The van der Waals surface area contributed by atoms with Crippen LogP contribution >= 0.6 is 11.8 Å². The summed E-state index contributed by atoms with van der Waals surface area (Å²) in [5.41, 5.74) is 4.58. The van der Waals surface area contributed by atoms with Crippen molar-refractivity contribution in [3.05, 3.63) is 59.7 Å². The van der Waals surface area contributed by atoms with E-state index in [2.05, 4.69) is 29.6 Å². The minimum Gasteiger partial charge on any atom is -0.480 e. The minimum atomic E-state index is -1.00. The minimum absolute atomic E-state index is 0.0371. The number of carboxylic acid groups (broad SMARTS) is 1. The Kier molecular flexibility index (Phi) is 6.93. The molecule has 1 fully saturated rings. The SMILES string of the molecule is CCC(CC(=O)N1C(C)SCC1C(=O)O)NC(=O)OCC1c2ccccc2-c2ccccc21. The Morgan fingerprint density at radius 2 is 1.73 bits per heavy atom. The highest BCUT2D eigenvalue weighted by atomic mass is 32.2. The summed E-state index contributed by atoms with van der Waals surface area (Å²) in [6, 6.07) is 15.0. The molecule has 2 N–H and O–H groups in total. The fourth-order valence-corrected chi connectivity index (χ4v) is 5.82. The molecule has 1 aliphatic carbocycles. The molecule has 0 aromatic heterocycles. The van der Waals surface area contributed by atoms with Crippen molar-refractivity contribution < 1.29 is 24.2 Å². The molecule has 2 amide bonds. The van der Waals surface area contributed by atoms with Gasteiger partial charge in [0.05, 0.1) is 5.37 Å². The highest BCUT2D eigenvalue weighted by Crippen LogP contribution is 2.44. The Labute approximate surface area is 197 Å². The number of ether oxygens (including phenoxy) is 1. The molecule has 33 heavy (non-hydrogen) atoms. The molecular formula is C25H28N2O5S. The number of carbonyl (C=O) groups excluding carboxylic acids is 2. The summed E-state index contributed by atoms with van der Waals surface area (Å²) >= 11 is 1.44. The lowest BCUT2D eigenvalue weighted by molar-refractivity contribution is -0.149. The maximum atomic E-state index is 12.8. The monoisotopic (exact) mass is 468 g/mol. The van der Waals surface area contributed by atoms with E-state index < -0.39 is 24.1 Å². The maximum absolute atomic E-state index is 12.8. The van der Waals surface area contributed by atoms with Crippen LogP contribution in [0, 0.1) is 0 Å². The van der Waals surface area contributed by atoms with Crippen LogP contribution in [0.3, 0.4) is 0 Å². The molecule has 8 heteroatoms. The molecule has 0 saturated carbocycles. The fourth-order valence-electron chi connectivity index (χ4n) is 4.63. The van der Waals surface area contributed by atoms with Crippen molar-refractivity contribution in [1.29, 1.82) is 0 Å². The predicted molar refractivity (Wildman–Crippen MR) is 127 cm³/mol. The van der Waals surface area contributed by atoms with E-state index in [1.54, 1.807) is 0 Å². The molecule has 0 radical (unpaired) electrons. The van der Waals surface area contributed by atoms with Crippen molar-refractivity contribution in [1.82, 2.24) is 10.2 Å². The predicted octanol–water partition coefficient (Wildman–Crippen LogP) is 4.07. The number of nitrogens with one attached hydrogen (secondary N) is 1. The Bertz CT molecular complexity index is 1010. The highest BCUT2D eigenvalue weighted by molar-refractivity contribution is 8.00. The molecule has 174 valence electrons. The van der Waals surface area contributed by atoms with Crippen molar-refractivity contribution in [2.45, 2.75) is 50.1 Å². The van der Waals surface area contributed by atoms with Gasteiger partial charge in [-0.2, -0.15) is 0 Å². The number of aliphatic carboxylic acids is 1. The van der Waals surface area contributed by atoms with Gasteiger partial charge in [-0.05, 0) is 35.6 Å². The van der Waals surface area contributed by atoms with Gasteiger partial charge in [0.25, 0.3) is 0 Å². The van der Waals surface area contributed by atoms with Gasteiger partial charge in [0, 0.05) is 24.1 Å². The van der Waals surface area contributed by atoms with Crippen LogP contribution in [0.25, 0.3) is 11.1 Å². The summed E-state index contributed by atoms with van der Waals surface area (Å²) < 4.78 is 5.59. The van der Waals surface area contributed by atoms with E-state index in [1.165, 1.54) is 16.7 Å². The zero-order chi connectivity index (χ0) is 23.5. The topological polar surface area (TPSA) is 95.9 Å². The third-order valence-electron chi connectivity index (χ3n) is 6.38. The second kappa shape index (κ2) is 9.87. The first-order chi connectivity index (χ1) is 15.9. The summed E-state index contributed by atoms with van der Waals surface area (Å²) in [6.07, 6.45) is -0.00607. The van der Waals surface area contributed by atoms with E-state index in [0.717, 1.165) is 22.3 Å². The smallest absolute Gasteiger partial charge is 0.407 e. The number of benzene rings is 2. The third-order valence-corrected chi connectivity index (χ3v) is 7.59. The van der Waals surface area contributed by atoms with Crippen LogP contribution in [-0.4, -0.2) is 57.8 Å². The van der Waals surface area contributed by atoms with Crippen molar-refractivity contribution in [2.24, 2.45) is 0 Å². The number of amides is 2. The van der Waals surface area contributed by atoms with Crippen LogP contribution in [0.5, 0.6) is 0 Å². The van der Waals surface area contributed by atoms with Gasteiger partial charge in [-0.15, -0.1) is 11.8 Å². The summed E-state index contributed by atoms with van der Waals surface area (Å²) in [4.78, 5) is 38.3. The third kappa shape index (κ3) is 4.71. The Hall–Kier alpha value is -3.00. The number of nitrogens with zero attached hydrogens (tertiary/aromatic N) is 1. The normalized spacial score (nSPS) is 20.1. The second-order valence-corrected chi connectivity index (χ2v) is 9.72. The van der Waals surface area contributed by atoms with Crippen LogP contribution < -0.4 is 5.32 Å². The molecule has 4 rings (SSSR count). The number of carboxylic acids is 1. The first-order valence-electron chi connectivity index (χ1n) is 11.2. The number of fused-ring (bicyclic) bond motifs is 3. The first kappa shape index (κ1) is 23.2. The van der Waals surface area contributed by atoms with Crippen molar-refractivity contribution >= 4 is 29.7 Å². The largest absolute Gasteiger partial charge is 0.480 e. The van der Waals surface area contributed by atoms with Gasteiger partial charge in [-0.25, -0.2) is 9.59 Å². The van der Waals surface area contributed by atoms with Gasteiger partial charge < -0.3 is 20.1 Å². The number of hydrogen-bond acceptors (Lipinski definition) is 5. The molecule has 2 aromatic rings. The molecule has 2 aliphatic rings. The molecule has 3 atom stereocenters. The molecule has 3 unspecified atom stereocenters. The molecule has 7 nitrogen and oxygen atoms in total. The quantitative estimate of drug-likeness (QED) is 0.636. The zero-order valence-electron chi connectivity index (χ0n) is 18.7. The number of rotatable bonds is 7. The van der Waals surface area contributed by atoms with Gasteiger partial charge >= 0.3 is 12.1 Å². The van der Waals surface area contributed by atoms with E-state index in [-0.39, 0.29) is 30.2 Å². The van der Waals surface area contributed by atoms with Gasteiger partial charge in [-0.3, -0.25) is 4.79 Å². The maximum Gasteiger partial charge on any atom is 0.407 e. The lowest BCUT2D eigenvalue weighted by atomic mass is 9.98. The van der Waals surface area contributed by atoms with Gasteiger partial charge in [0.1, 0.15) is 12.6 Å². The Balaban J connectivity index is 1.36. The molecule has 0 spiro atoms. The standard InChI is InChI=1S/C25H28N2O5S/c1-3-16(12-23(28)27-15(2)33-14-22(27)24(29)30)26-25(31)32-13-21-19-10-6-4-8-17(19)18-9-5-7-11-20(18)21/h4-11,15-16,21-22H,3,12-14H2,1-2H3,(H,26,31)(H,29,30). The van der Waals surface area contributed by atoms with E-state index in [9.17, 15) is 19.5 Å². The second-order valence-electron chi connectivity index (χ2n) is 8.37. The first-order valence-corrected chi connectivity index (χ1v) is 12.2. The molecule has 1 heterocycles. The van der Waals surface area contributed by atoms with Crippen LogP contribution in [0.1, 0.15) is 43.7 Å². The fraction of sp³-hybridized carbons (Fsp3) is 0.400. The van der Waals surface area contributed by atoms with Crippen LogP contribution in [-0.2, 0) is 14.3 Å². The number of carbonyl (C=O) groups is 3. The van der Waals surface area contributed by atoms with Crippen LogP contribution in [0.2, 0.25) is 0 Å². The lowest BCUT2D eigenvalue weighted by Crippen LogP contribution is -2.47. The summed E-state index contributed by atoms with van der Waals surface area (Å²) in [5, 5.41) is 12.0. The molecule has 1 aliphatic heterocycles. The summed E-state index contributed by atoms with van der Waals surface area (Å²) in [5.74, 6) is -0.939. The molecule has 2 aromatic carbocycles. The number of hydrogen-bond donors (Lipinski definition) is 2. The molecule has 0 bridgehead atoms. The number of alkyl carbamates (subject to hydrolysis) is 1.